The van der Waals surface area contributed by atoms with E-state index in [4.69, 9.17) is 4.42 Å². The lowest BCUT2D eigenvalue weighted by Crippen LogP contribution is -2.36. The van der Waals surface area contributed by atoms with Crippen LogP contribution in [0, 0.1) is 18.3 Å². The second kappa shape index (κ2) is 8.77. The number of carbonyl (C=O) groups excluding carboxylic acids is 1. The Kier molecular flexibility index (Phi) is 6.19. The van der Waals surface area contributed by atoms with E-state index < -0.39 is 0 Å². The average molecular weight is 366 g/mol. The first kappa shape index (κ1) is 18.3. The van der Waals surface area contributed by atoms with Gasteiger partial charge >= 0.3 is 0 Å². The van der Waals surface area contributed by atoms with Crippen molar-refractivity contribution < 1.29 is 9.21 Å². The molecule has 1 fully saturated rings. The minimum Gasteiger partial charge on any atom is -0.450 e. The molecule has 0 atom stereocenters. The fourth-order valence-electron chi connectivity index (χ4n) is 2.99. The quantitative estimate of drug-likeness (QED) is 0.591. The first-order valence-corrected chi connectivity index (χ1v) is 9.73. The summed E-state index contributed by atoms with van der Waals surface area (Å²) >= 11 is 1.51. The minimum atomic E-state index is -0.316. The SMILES string of the molecule is Cc1ccc(Sc2ccc(/C=C(/C#N)C(=O)NC3CCCCC3)o2)cc1. The minimum absolute atomic E-state index is 0.0804. The molecule has 1 aliphatic rings. The van der Waals surface area contributed by atoms with Crippen LogP contribution in [0.4, 0.5) is 0 Å². The van der Waals surface area contributed by atoms with Gasteiger partial charge in [0, 0.05) is 17.0 Å². The molecule has 0 saturated heterocycles. The molecule has 0 unspecified atom stereocenters. The normalized spacial score (nSPS) is 15.5. The van der Waals surface area contributed by atoms with E-state index in [-0.39, 0.29) is 17.5 Å². The van der Waals surface area contributed by atoms with Crippen LogP contribution < -0.4 is 5.32 Å². The lowest BCUT2D eigenvalue weighted by Gasteiger charge is -2.22. The summed E-state index contributed by atoms with van der Waals surface area (Å²) in [7, 11) is 0. The highest BCUT2D eigenvalue weighted by molar-refractivity contribution is 7.99. The zero-order valence-electron chi connectivity index (χ0n) is 14.8. The van der Waals surface area contributed by atoms with Crippen LogP contribution in [0.1, 0.15) is 43.4 Å². The fourth-order valence-corrected chi connectivity index (χ4v) is 3.77. The van der Waals surface area contributed by atoms with Crippen molar-refractivity contribution in [2.45, 2.75) is 55.1 Å². The van der Waals surface area contributed by atoms with Crippen molar-refractivity contribution >= 4 is 23.7 Å². The van der Waals surface area contributed by atoms with Crippen molar-refractivity contribution in [3.8, 4) is 6.07 Å². The Balaban J connectivity index is 1.65. The summed E-state index contributed by atoms with van der Waals surface area (Å²) < 4.78 is 5.75. The summed E-state index contributed by atoms with van der Waals surface area (Å²) in [5, 5.41) is 13.0. The topological polar surface area (TPSA) is 66.0 Å². The Hall–Kier alpha value is -2.45. The maximum atomic E-state index is 12.3. The number of nitrogens with one attached hydrogen (secondary N) is 1. The molecular weight excluding hydrogens is 344 g/mol. The van der Waals surface area contributed by atoms with Crippen molar-refractivity contribution in [2.24, 2.45) is 0 Å². The molecule has 26 heavy (non-hydrogen) atoms. The predicted molar refractivity (Wildman–Crippen MR) is 103 cm³/mol. The molecule has 1 aromatic heterocycles. The van der Waals surface area contributed by atoms with E-state index in [1.165, 1.54) is 29.8 Å². The van der Waals surface area contributed by atoms with Crippen LogP contribution in [0.5, 0.6) is 0 Å². The van der Waals surface area contributed by atoms with Crippen LogP contribution in [-0.4, -0.2) is 11.9 Å². The number of nitrogens with zero attached hydrogens (tertiary/aromatic N) is 1. The first-order valence-electron chi connectivity index (χ1n) is 8.91. The number of rotatable bonds is 5. The summed E-state index contributed by atoms with van der Waals surface area (Å²) in [5.74, 6) is 0.193. The van der Waals surface area contributed by atoms with Crippen molar-refractivity contribution in [2.75, 3.05) is 0 Å². The highest BCUT2D eigenvalue weighted by Crippen LogP contribution is 2.30. The molecule has 4 nitrogen and oxygen atoms in total. The van der Waals surface area contributed by atoms with Crippen molar-refractivity contribution in [1.29, 1.82) is 5.26 Å². The van der Waals surface area contributed by atoms with E-state index in [1.54, 1.807) is 6.07 Å². The Labute approximate surface area is 158 Å². The number of furan rings is 1. The number of aryl methyl sites for hydroxylation is 1. The zero-order valence-corrected chi connectivity index (χ0v) is 15.6. The molecule has 0 radical (unpaired) electrons. The molecule has 5 heteroatoms. The third kappa shape index (κ3) is 5.03. The van der Waals surface area contributed by atoms with Gasteiger partial charge in [-0.3, -0.25) is 4.79 Å². The Bertz CT molecular complexity index is 824. The van der Waals surface area contributed by atoms with Gasteiger partial charge in [-0.05, 0) is 44.0 Å². The van der Waals surface area contributed by atoms with Crippen LogP contribution in [-0.2, 0) is 4.79 Å². The van der Waals surface area contributed by atoms with Gasteiger partial charge in [0.2, 0.25) is 0 Å². The third-order valence-electron chi connectivity index (χ3n) is 4.43. The number of hydrogen-bond acceptors (Lipinski definition) is 4. The summed E-state index contributed by atoms with van der Waals surface area (Å²) in [4.78, 5) is 13.4. The lowest BCUT2D eigenvalue weighted by atomic mass is 9.95. The summed E-state index contributed by atoms with van der Waals surface area (Å²) in [6, 6.07) is 14.0. The molecule has 0 bridgehead atoms. The van der Waals surface area contributed by atoms with Crippen molar-refractivity contribution in [3.63, 3.8) is 0 Å². The van der Waals surface area contributed by atoms with Gasteiger partial charge in [0.1, 0.15) is 17.4 Å². The largest absolute Gasteiger partial charge is 0.450 e. The molecule has 134 valence electrons. The van der Waals surface area contributed by atoms with E-state index in [0.29, 0.717) is 5.76 Å². The molecule has 1 aromatic carbocycles. The van der Waals surface area contributed by atoms with Crippen LogP contribution in [0.3, 0.4) is 0 Å². The number of carbonyl (C=O) groups is 1. The smallest absolute Gasteiger partial charge is 0.262 e. The van der Waals surface area contributed by atoms with Gasteiger partial charge in [-0.1, -0.05) is 48.7 Å². The van der Waals surface area contributed by atoms with Crippen LogP contribution in [0.15, 0.2) is 56.4 Å². The summed E-state index contributed by atoms with van der Waals surface area (Å²) in [5.41, 5.74) is 1.29. The van der Waals surface area contributed by atoms with Crippen LogP contribution in [0.2, 0.25) is 0 Å². The maximum absolute atomic E-state index is 12.3. The van der Waals surface area contributed by atoms with Gasteiger partial charge in [-0.2, -0.15) is 5.26 Å². The van der Waals surface area contributed by atoms with E-state index >= 15 is 0 Å². The standard InChI is InChI=1S/C21H22N2O2S/c1-15-7-10-19(11-8-15)26-20-12-9-18(25-20)13-16(14-22)21(24)23-17-5-3-2-4-6-17/h7-13,17H,2-6H2,1H3,(H,23,24)/b16-13-. The van der Waals surface area contributed by atoms with Gasteiger partial charge < -0.3 is 9.73 Å². The zero-order chi connectivity index (χ0) is 18.4. The number of hydrogen-bond donors (Lipinski definition) is 1. The van der Waals surface area contributed by atoms with E-state index in [9.17, 15) is 10.1 Å². The molecule has 1 aliphatic carbocycles. The Morgan fingerprint density at radius 3 is 2.62 bits per heavy atom. The molecule has 1 N–H and O–H groups in total. The third-order valence-corrected chi connectivity index (χ3v) is 5.36. The monoisotopic (exact) mass is 366 g/mol. The molecule has 0 aliphatic heterocycles. The predicted octanol–water partition coefficient (Wildman–Crippen LogP) is 5.10. The molecular formula is C21H22N2O2S. The highest BCUT2D eigenvalue weighted by atomic mass is 32.2. The van der Waals surface area contributed by atoms with Gasteiger partial charge in [0.05, 0.1) is 0 Å². The Morgan fingerprint density at radius 1 is 1.19 bits per heavy atom. The first-order chi connectivity index (χ1) is 12.6. The highest BCUT2D eigenvalue weighted by Gasteiger charge is 2.18. The molecule has 1 amide bonds. The van der Waals surface area contributed by atoms with Gasteiger partial charge in [0.25, 0.3) is 5.91 Å². The number of nitriles is 1. The molecule has 3 rings (SSSR count). The van der Waals surface area contributed by atoms with Crippen LogP contribution in [0.25, 0.3) is 6.08 Å². The van der Waals surface area contributed by atoms with E-state index in [2.05, 4.69) is 17.4 Å². The summed E-state index contributed by atoms with van der Waals surface area (Å²) in [6.45, 7) is 2.05. The molecule has 2 aromatic rings. The maximum Gasteiger partial charge on any atom is 0.262 e. The number of amides is 1. The second-order valence-electron chi connectivity index (χ2n) is 6.55. The van der Waals surface area contributed by atoms with Crippen LogP contribution >= 0.6 is 11.8 Å². The fraction of sp³-hybridized carbons (Fsp3) is 0.333. The average Bonchev–Trinajstić information content (AvgIpc) is 3.09. The summed E-state index contributed by atoms with van der Waals surface area (Å²) in [6.07, 6.45) is 6.98. The van der Waals surface area contributed by atoms with Gasteiger partial charge in [-0.15, -0.1) is 0 Å². The van der Waals surface area contributed by atoms with Crippen molar-refractivity contribution in [3.05, 3.63) is 53.3 Å². The molecule has 0 spiro atoms. The molecule has 1 heterocycles. The molecule has 1 saturated carbocycles. The second-order valence-corrected chi connectivity index (χ2v) is 7.63. The van der Waals surface area contributed by atoms with E-state index in [1.807, 2.05) is 31.2 Å². The lowest BCUT2D eigenvalue weighted by molar-refractivity contribution is -0.117. The van der Waals surface area contributed by atoms with Gasteiger partial charge in [0.15, 0.2) is 5.09 Å². The van der Waals surface area contributed by atoms with E-state index in [0.717, 1.165) is 35.7 Å². The number of benzene rings is 1. The Morgan fingerprint density at radius 2 is 1.92 bits per heavy atom. The van der Waals surface area contributed by atoms with Gasteiger partial charge in [-0.25, -0.2) is 0 Å². The van der Waals surface area contributed by atoms with Crippen molar-refractivity contribution in [1.82, 2.24) is 5.32 Å².